The molecule has 1 aliphatic rings. The molecule has 260 valence electrons. The van der Waals surface area contributed by atoms with Crippen LogP contribution >= 0.6 is 22.9 Å². The number of nitrogens with two attached hydrogens (primary N) is 3. The smallest absolute Gasteiger partial charge is 0.418 e. The Hall–Kier alpha value is -4.54. The molecule has 1 aliphatic heterocycles. The number of amides is 2. The number of anilines is 2. The molecule has 3 heterocycles. The third kappa shape index (κ3) is 7.94. The summed E-state index contributed by atoms with van der Waals surface area (Å²) < 4.78 is 44.7. The largest absolute Gasteiger partial charge is 0.489 e. The van der Waals surface area contributed by atoms with Crippen molar-refractivity contribution >= 4 is 67.8 Å². The number of benzene rings is 1. The molecule has 2 amide bonds. The van der Waals surface area contributed by atoms with Crippen LogP contribution in [-0.2, 0) is 47.5 Å². The first-order chi connectivity index (χ1) is 22.4. The highest BCUT2D eigenvalue weighted by atomic mass is 35.5. The van der Waals surface area contributed by atoms with Crippen molar-refractivity contribution in [3.05, 3.63) is 40.5 Å². The van der Waals surface area contributed by atoms with Crippen LogP contribution in [0.2, 0.25) is 4.34 Å². The second-order valence-corrected chi connectivity index (χ2v) is 13.5. The first-order valence-electron chi connectivity index (χ1n) is 13.9. The van der Waals surface area contributed by atoms with Gasteiger partial charge in [-0.2, -0.15) is 13.5 Å². The third-order valence-corrected chi connectivity index (χ3v) is 8.58. The number of rotatable bonds is 15. The van der Waals surface area contributed by atoms with Crippen molar-refractivity contribution < 1.29 is 51.0 Å². The van der Waals surface area contributed by atoms with Crippen LogP contribution in [0.15, 0.2) is 35.6 Å². The van der Waals surface area contributed by atoms with Crippen molar-refractivity contribution in [1.29, 1.82) is 0 Å². The second-order valence-electron chi connectivity index (χ2n) is 10.8. The zero-order chi connectivity index (χ0) is 35.6. The van der Waals surface area contributed by atoms with Gasteiger partial charge >= 0.3 is 16.4 Å². The Kier molecular flexibility index (Phi) is 10.8. The highest BCUT2D eigenvalue weighted by molar-refractivity contribution is 7.80. The second kappa shape index (κ2) is 14.3. The average Bonchev–Trinajstić information content (AvgIpc) is 3.50. The summed E-state index contributed by atoms with van der Waals surface area (Å²) in [6, 6.07) is 5.32. The quantitative estimate of drug-likeness (QED) is 0.0385. The van der Waals surface area contributed by atoms with Gasteiger partial charge in [-0.05, 0) is 38.1 Å². The Morgan fingerprint density at radius 3 is 2.48 bits per heavy atom. The SMILES string of the molecule is Cn1c(N)c(-c2ccc(OC[C@H](O/N=C(\C(=O)N[C@@H]3C(=O)N(OS(=O)(=O)O)C3(C)C)c3nc(N)sc3Cl)C(=O)O)cc2)c[n+]1CCCN. The molecular formula is C26H33ClN9O10S2+. The molecule has 3 aromatic rings. The van der Waals surface area contributed by atoms with Crippen molar-refractivity contribution in [2.24, 2.45) is 17.9 Å². The lowest BCUT2D eigenvalue weighted by Gasteiger charge is -2.50. The lowest BCUT2D eigenvalue weighted by molar-refractivity contribution is -0.772. The number of carboxylic acid groups (broad SMARTS) is 1. The number of β-lactam (4-membered cyclic amide) rings is 1. The summed E-state index contributed by atoms with van der Waals surface area (Å²) in [5.74, 6) is -2.80. The number of hydroxylamine groups is 2. The average molecular weight is 731 g/mol. The van der Waals surface area contributed by atoms with Gasteiger partial charge in [-0.15, -0.1) is 13.6 Å². The highest BCUT2D eigenvalue weighted by Gasteiger charge is 2.58. The number of carbonyl (C=O) groups is 3. The van der Waals surface area contributed by atoms with E-state index in [9.17, 15) is 27.9 Å². The molecule has 1 saturated heterocycles. The molecule has 22 heteroatoms. The van der Waals surface area contributed by atoms with Crippen LogP contribution in [0.25, 0.3) is 11.1 Å². The minimum atomic E-state index is -5.04. The number of hydrogen-bond acceptors (Lipinski definition) is 14. The number of aryl methyl sites for hydroxylation is 1. The number of halogens is 1. The molecule has 19 nitrogen and oxygen atoms in total. The van der Waals surface area contributed by atoms with E-state index in [0.29, 0.717) is 29.7 Å². The molecule has 4 rings (SSSR count). The number of nitrogens with one attached hydrogen (secondary N) is 1. The van der Waals surface area contributed by atoms with Crippen molar-refractivity contribution in [3.63, 3.8) is 0 Å². The first-order valence-corrected chi connectivity index (χ1v) is 16.5. The van der Waals surface area contributed by atoms with E-state index in [1.54, 1.807) is 24.3 Å². The van der Waals surface area contributed by atoms with Gasteiger partial charge in [0.05, 0.1) is 18.2 Å². The van der Waals surface area contributed by atoms with E-state index in [2.05, 4.69) is 19.7 Å². The van der Waals surface area contributed by atoms with Crippen molar-refractivity contribution in [3.8, 4) is 16.9 Å². The summed E-state index contributed by atoms with van der Waals surface area (Å²) in [5, 5.41) is 16.1. The molecule has 2 atom stereocenters. The maximum absolute atomic E-state index is 13.3. The van der Waals surface area contributed by atoms with Gasteiger partial charge in [0.25, 0.3) is 17.9 Å². The van der Waals surface area contributed by atoms with E-state index in [1.807, 2.05) is 22.6 Å². The predicted molar refractivity (Wildman–Crippen MR) is 171 cm³/mol. The zero-order valence-corrected chi connectivity index (χ0v) is 28.1. The summed E-state index contributed by atoms with van der Waals surface area (Å²) >= 11 is 6.96. The van der Waals surface area contributed by atoms with Crippen LogP contribution in [-0.4, -0.2) is 87.1 Å². The number of carbonyl (C=O) groups excluding carboxylic acids is 2. The van der Waals surface area contributed by atoms with E-state index in [-0.39, 0.29) is 15.2 Å². The van der Waals surface area contributed by atoms with E-state index in [0.717, 1.165) is 28.9 Å². The van der Waals surface area contributed by atoms with Gasteiger partial charge in [0.15, 0.2) is 23.2 Å². The van der Waals surface area contributed by atoms with Crippen molar-refractivity contribution in [2.45, 2.75) is 44.5 Å². The number of ether oxygens (including phenoxy) is 1. The summed E-state index contributed by atoms with van der Waals surface area (Å²) in [6.45, 7) is 3.34. The predicted octanol–water partition coefficient (Wildman–Crippen LogP) is -0.304. The third-order valence-electron chi connectivity index (χ3n) is 7.16. The molecule has 1 fully saturated rings. The van der Waals surface area contributed by atoms with Gasteiger partial charge in [0.1, 0.15) is 28.4 Å². The Labute approximate surface area is 282 Å². The van der Waals surface area contributed by atoms with Crippen molar-refractivity contribution in [2.75, 3.05) is 24.6 Å². The fourth-order valence-electron chi connectivity index (χ4n) is 4.55. The molecule has 0 aliphatic carbocycles. The Balaban J connectivity index is 1.49. The molecule has 2 aromatic heterocycles. The Morgan fingerprint density at radius 1 is 1.27 bits per heavy atom. The van der Waals surface area contributed by atoms with E-state index in [4.69, 9.17) is 42.9 Å². The molecular weight excluding hydrogens is 698 g/mol. The van der Waals surface area contributed by atoms with Crippen LogP contribution in [0.1, 0.15) is 26.0 Å². The van der Waals surface area contributed by atoms with Crippen LogP contribution in [0.4, 0.5) is 10.9 Å². The lowest BCUT2D eigenvalue weighted by atomic mass is 9.84. The number of aromatic nitrogens is 3. The number of thiazole rings is 1. The minimum Gasteiger partial charge on any atom is -0.489 e. The van der Waals surface area contributed by atoms with Gasteiger partial charge in [-0.25, -0.2) is 9.78 Å². The fraction of sp³-hybridized carbons (Fsp3) is 0.385. The summed E-state index contributed by atoms with van der Waals surface area (Å²) in [6.07, 6.45) is 0.928. The molecule has 0 saturated carbocycles. The first kappa shape index (κ1) is 36.3. The highest BCUT2D eigenvalue weighted by Crippen LogP contribution is 2.33. The maximum atomic E-state index is 13.3. The van der Waals surface area contributed by atoms with E-state index < -0.39 is 58.2 Å². The fourth-order valence-corrected chi connectivity index (χ4v) is 5.93. The molecule has 0 spiro atoms. The maximum Gasteiger partial charge on any atom is 0.418 e. The van der Waals surface area contributed by atoms with E-state index >= 15 is 0 Å². The summed E-state index contributed by atoms with van der Waals surface area (Å²) in [7, 11) is -3.21. The van der Waals surface area contributed by atoms with Crippen LogP contribution in [0.3, 0.4) is 0 Å². The monoisotopic (exact) mass is 730 g/mol. The molecule has 0 radical (unpaired) electrons. The number of oxime groups is 1. The topological polar surface area (TPSA) is 281 Å². The molecule has 0 bridgehead atoms. The van der Waals surface area contributed by atoms with Gasteiger partial charge in [-0.3, -0.25) is 14.1 Å². The molecule has 1 aromatic carbocycles. The minimum absolute atomic E-state index is 0.0625. The Bertz CT molecular complexity index is 1840. The molecule has 9 N–H and O–H groups in total. The number of carboxylic acids is 1. The number of nitrogen functional groups attached to an aromatic ring is 2. The zero-order valence-electron chi connectivity index (χ0n) is 25.7. The van der Waals surface area contributed by atoms with Gasteiger partial charge < -0.3 is 37.2 Å². The van der Waals surface area contributed by atoms with E-state index in [1.165, 1.54) is 13.8 Å². The van der Waals surface area contributed by atoms with Crippen molar-refractivity contribution in [1.82, 2.24) is 20.0 Å². The molecule has 48 heavy (non-hydrogen) atoms. The Morgan fingerprint density at radius 2 is 1.94 bits per heavy atom. The number of nitrogens with zero attached hydrogens (tertiary/aromatic N) is 5. The standard InChI is InChI=1S/C26H32ClN9O10S2/c1-26(2)19(23(38)36(26)46-48(41,42)43)32-22(37)18(17-20(27)47-25(30)31-17)33-45-16(24(39)40)12-44-14-7-5-13(6-8-14)15-11-35(10-4-9-28)34(3)21(15)29/h5-8,11,16,19,29H,4,9-10,12,28H2,1-3H3,(H5,30,31,32,37,39,40,41,42,43)/p+1/b33-18-/t16-,19+/m0/s1. The summed E-state index contributed by atoms with van der Waals surface area (Å²) in [4.78, 5) is 47.0. The molecule has 0 unspecified atom stereocenters. The van der Waals surface area contributed by atoms with Crippen LogP contribution < -0.4 is 31.9 Å². The van der Waals surface area contributed by atoms with Gasteiger partial charge in [0.2, 0.25) is 6.20 Å². The number of hydrogen-bond donors (Lipinski definition) is 6. The normalized spacial score (nSPS) is 16.7. The number of aliphatic carboxylic acids is 1. The van der Waals surface area contributed by atoms with Gasteiger partial charge in [0, 0.05) is 6.42 Å². The van der Waals surface area contributed by atoms with Crippen LogP contribution in [0, 0.1) is 0 Å². The summed E-state index contributed by atoms with van der Waals surface area (Å²) in [5.41, 5.74) is 16.8. The lowest BCUT2D eigenvalue weighted by Crippen LogP contribution is -2.76. The van der Waals surface area contributed by atoms with Crippen LogP contribution in [0.5, 0.6) is 5.75 Å². The van der Waals surface area contributed by atoms with Gasteiger partial charge in [-0.1, -0.05) is 40.2 Å².